The van der Waals surface area contributed by atoms with E-state index >= 15 is 0 Å². The molecule has 2 rings (SSSR count). The molecule has 0 aliphatic carbocycles. The van der Waals surface area contributed by atoms with Crippen LogP contribution in [0.5, 0.6) is 0 Å². The predicted molar refractivity (Wildman–Crippen MR) is 60.9 cm³/mol. The van der Waals surface area contributed by atoms with Crippen molar-refractivity contribution in [2.24, 2.45) is 0 Å². The van der Waals surface area contributed by atoms with Crippen LogP contribution in [-0.2, 0) is 5.41 Å². The zero-order valence-electron chi connectivity index (χ0n) is 9.93. The van der Waals surface area contributed by atoms with E-state index in [1.807, 2.05) is 26.8 Å². The Kier molecular flexibility index (Phi) is 2.64. The molecule has 0 fully saturated rings. The molecule has 0 aliphatic heterocycles. The Morgan fingerprint density at radius 1 is 1.24 bits per heavy atom. The summed E-state index contributed by atoms with van der Waals surface area (Å²) in [5.41, 5.74) is 0.897. The molecule has 2 aromatic heterocycles. The fourth-order valence-corrected chi connectivity index (χ4v) is 1.22. The molecule has 86 valence electrons. The smallest absolute Gasteiger partial charge is 0.266 e. The molecule has 0 saturated heterocycles. The van der Waals surface area contributed by atoms with Gasteiger partial charge in [-0.05, 0) is 12.1 Å². The zero-order valence-corrected chi connectivity index (χ0v) is 9.93. The van der Waals surface area contributed by atoms with Crippen LogP contribution in [-0.4, -0.2) is 15.2 Å². The number of rotatable bonds is 1. The van der Waals surface area contributed by atoms with Gasteiger partial charge in [-0.1, -0.05) is 20.8 Å². The number of nitriles is 1. The minimum atomic E-state index is -0.183. The highest BCUT2D eigenvalue weighted by Crippen LogP contribution is 2.24. The zero-order chi connectivity index (χ0) is 12.5. The molecule has 2 heterocycles. The molecule has 0 N–H and O–H groups in total. The number of nitrogens with zero attached hydrogens (tertiary/aromatic N) is 4. The van der Waals surface area contributed by atoms with Gasteiger partial charge >= 0.3 is 0 Å². The molecular formula is C12H12N4O. The molecule has 2 aromatic rings. The molecule has 0 atom stereocenters. The van der Waals surface area contributed by atoms with Crippen LogP contribution >= 0.6 is 0 Å². The molecule has 0 bridgehead atoms. The van der Waals surface area contributed by atoms with Crippen molar-refractivity contribution in [3.8, 4) is 17.7 Å². The molecule has 0 aromatic carbocycles. The summed E-state index contributed by atoms with van der Waals surface area (Å²) in [6.07, 6.45) is 1.48. The third kappa shape index (κ3) is 2.31. The largest absolute Gasteiger partial charge is 0.419 e. The first-order valence-electron chi connectivity index (χ1n) is 5.21. The second-order valence-corrected chi connectivity index (χ2v) is 4.71. The minimum absolute atomic E-state index is 0.183. The van der Waals surface area contributed by atoms with E-state index in [4.69, 9.17) is 9.68 Å². The predicted octanol–water partition coefficient (Wildman–Crippen LogP) is 2.30. The van der Waals surface area contributed by atoms with Crippen LogP contribution in [0.25, 0.3) is 11.6 Å². The first-order valence-corrected chi connectivity index (χ1v) is 5.21. The van der Waals surface area contributed by atoms with Gasteiger partial charge in [-0.15, -0.1) is 10.2 Å². The van der Waals surface area contributed by atoms with Crippen molar-refractivity contribution in [2.45, 2.75) is 26.2 Å². The van der Waals surface area contributed by atoms with Crippen LogP contribution in [0, 0.1) is 11.3 Å². The Labute approximate surface area is 99.1 Å². The topological polar surface area (TPSA) is 75.6 Å². The van der Waals surface area contributed by atoms with Crippen molar-refractivity contribution < 1.29 is 4.42 Å². The summed E-state index contributed by atoms with van der Waals surface area (Å²) in [7, 11) is 0. The van der Waals surface area contributed by atoms with Gasteiger partial charge in [0.1, 0.15) is 11.8 Å². The molecule has 5 nitrogen and oxygen atoms in total. The molecule has 0 spiro atoms. The Morgan fingerprint density at radius 3 is 2.47 bits per heavy atom. The van der Waals surface area contributed by atoms with E-state index in [1.165, 1.54) is 6.20 Å². The standard InChI is InChI=1S/C12H12N4O/c1-12(2,3)11-16-15-10(17-11)9-5-4-8(6-13)7-14-9/h4-5,7H,1-3H3. The first-order chi connectivity index (χ1) is 8.00. The molecule has 0 radical (unpaired) electrons. The van der Waals surface area contributed by atoms with Crippen LogP contribution < -0.4 is 0 Å². The maximum absolute atomic E-state index is 8.67. The lowest BCUT2D eigenvalue weighted by atomic mass is 9.97. The van der Waals surface area contributed by atoms with Crippen LogP contribution in [0.2, 0.25) is 0 Å². The summed E-state index contributed by atoms with van der Waals surface area (Å²) in [5, 5.41) is 16.6. The fourth-order valence-electron chi connectivity index (χ4n) is 1.22. The van der Waals surface area contributed by atoms with Gasteiger partial charge in [0.05, 0.1) is 5.56 Å². The van der Waals surface area contributed by atoms with E-state index < -0.39 is 0 Å². The maximum atomic E-state index is 8.67. The van der Waals surface area contributed by atoms with Crippen molar-refractivity contribution in [3.63, 3.8) is 0 Å². The Bertz CT molecular complexity index is 557. The summed E-state index contributed by atoms with van der Waals surface area (Å²) < 4.78 is 5.54. The summed E-state index contributed by atoms with van der Waals surface area (Å²) in [6.45, 7) is 5.99. The average Bonchev–Trinajstić information content (AvgIpc) is 2.78. The second-order valence-electron chi connectivity index (χ2n) is 4.71. The molecule has 0 unspecified atom stereocenters. The van der Waals surface area contributed by atoms with Gasteiger partial charge in [-0.2, -0.15) is 5.26 Å². The van der Waals surface area contributed by atoms with E-state index in [0.29, 0.717) is 23.0 Å². The maximum Gasteiger partial charge on any atom is 0.266 e. The monoisotopic (exact) mass is 228 g/mol. The Balaban J connectivity index is 2.34. The molecule has 17 heavy (non-hydrogen) atoms. The third-order valence-electron chi connectivity index (χ3n) is 2.18. The van der Waals surface area contributed by atoms with Crippen molar-refractivity contribution in [3.05, 3.63) is 29.8 Å². The van der Waals surface area contributed by atoms with E-state index in [2.05, 4.69) is 15.2 Å². The summed E-state index contributed by atoms with van der Waals surface area (Å²) in [4.78, 5) is 4.10. The fraction of sp³-hybridized carbons (Fsp3) is 0.333. The van der Waals surface area contributed by atoms with Crippen LogP contribution in [0.1, 0.15) is 32.2 Å². The van der Waals surface area contributed by atoms with E-state index in [-0.39, 0.29) is 5.41 Å². The minimum Gasteiger partial charge on any atom is -0.419 e. The molecule has 0 amide bonds. The van der Waals surface area contributed by atoms with Gasteiger partial charge < -0.3 is 4.42 Å². The van der Waals surface area contributed by atoms with Crippen molar-refractivity contribution in [2.75, 3.05) is 0 Å². The second kappa shape index (κ2) is 3.98. The van der Waals surface area contributed by atoms with Gasteiger partial charge in [0.2, 0.25) is 5.89 Å². The highest BCUT2D eigenvalue weighted by molar-refractivity contribution is 5.47. The van der Waals surface area contributed by atoms with Gasteiger partial charge in [0.25, 0.3) is 5.89 Å². The first kappa shape index (κ1) is 11.3. The normalized spacial score (nSPS) is 11.2. The average molecular weight is 228 g/mol. The summed E-state index contributed by atoms with van der Waals surface area (Å²) >= 11 is 0. The van der Waals surface area contributed by atoms with Crippen LogP contribution in [0.4, 0.5) is 0 Å². The van der Waals surface area contributed by atoms with Crippen LogP contribution in [0.15, 0.2) is 22.7 Å². The van der Waals surface area contributed by atoms with Crippen molar-refractivity contribution in [1.29, 1.82) is 5.26 Å². The number of hydrogen-bond donors (Lipinski definition) is 0. The van der Waals surface area contributed by atoms with Gasteiger partial charge in [0.15, 0.2) is 0 Å². The Morgan fingerprint density at radius 2 is 2.00 bits per heavy atom. The highest BCUT2D eigenvalue weighted by Gasteiger charge is 2.22. The quantitative estimate of drug-likeness (QED) is 0.748. The third-order valence-corrected chi connectivity index (χ3v) is 2.18. The summed E-state index contributed by atoms with van der Waals surface area (Å²) in [6, 6.07) is 5.37. The van der Waals surface area contributed by atoms with Crippen molar-refractivity contribution >= 4 is 0 Å². The lowest BCUT2D eigenvalue weighted by Crippen LogP contribution is -2.11. The SMILES string of the molecule is CC(C)(C)c1nnc(-c2ccc(C#N)cn2)o1. The summed E-state index contributed by atoms with van der Waals surface area (Å²) in [5.74, 6) is 0.943. The lowest BCUT2D eigenvalue weighted by molar-refractivity contribution is 0.398. The van der Waals surface area contributed by atoms with Crippen molar-refractivity contribution in [1.82, 2.24) is 15.2 Å². The highest BCUT2D eigenvalue weighted by atomic mass is 16.4. The molecular weight excluding hydrogens is 216 g/mol. The molecule has 0 saturated carbocycles. The van der Waals surface area contributed by atoms with Gasteiger partial charge in [0, 0.05) is 11.6 Å². The van der Waals surface area contributed by atoms with Gasteiger partial charge in [-0.3, -0.25) is 0 Å². The van der Waals surface area contributed by atoms with E-state index in [1.54, 1.807) is 12.1 Å². The number of hydrogen-bond acceptors (Lipinski definition) is 5. The number of pyridine rings is 1. The van der Waals surface area contributed by atoms with E-state index in [9.17, 15) is 0 Å². The van der Waals surface area contributed by atoms with Crippen LogP contribution in [0.3, 0.4) is 0 Å². The molecule has 0 aliphatic rings. The van der Waals surface area contributed by atoms with E-state index in [0.717, 1.165) is 0 Å². The number of aromatic nitrogens is 3. The Hall–Kier alpha value is -2.22. The van der Waals surface area contributed by atoms with Gasteiger partial charge in [-0.25, -0.2) is 4.98 Å². The molecule has 5 heteroatoms. The lowest BCUT2D eigenvalue weighted by Gasteiger charge is -2.10.